The maximum Gasteiger partial charge on any atom is 0.317 e. The molecule has 2 aromatic heterocycles. The number of allylic oxidation sites excluding steroid dienone is 2. The Morgan fingerprint density at radius 1 is 1.44 bits per heavy atom. The van der Waals surface area contributed by atoms with E-state index in [1.807, 2.05) is 17.5 Å². The van der Waals surface area contributed by atoms with Crippen LogP contribution in [0.5, 0.6) is 0 Å². The van der Waals surface area contributed by atoms with Crippen LogP contribution in [0.3, 0.4) is 0 Å². The molecule has 1 aliphatic carbocycles. The normalized spacial score (nSPS) is 21.0. The Morgan fingerprint density at radius 3 is 2.96 bits per heavy atom. The van der Waals surface area contributed by atoms with Crippen LogP contribution in [0.25, 0.3) is 11.2 Å². The number of nitrogens with zero attached hydrogens (tertiary/aromatic N) is 3. The molecule has 1 aliphatic rings. The number of aromatic nitrogens is 3. The monoisotopic (exact) mass is 343 g/mol. The van der Waals surface area contributed by atoms with Crippen LogP contribution in [-0.2, 0) is 4.79 Å². The topological polar surface area (TPSA) is 91.5 Å². The zero-order valence-electron chi connectivity index (χ0n) is 14.7. The fourth-order valence-electron chi connectivity index (χ4n) is 3.45. The van der Waals surface area contributed by atoms with Crippen molar-refractivity contribution in [3.8, 4) is 0 Å². The van der Waals surface area contributed by atoms with Gasteiger partial charge in [-0.3, -0.25) is 4.79 Å². The summed E-state index contributed by atoms with van der Waals surface area (Å²) in [6.07, 6.45) is 7.66. The first kappa shape index (κ1) is 17.4. The van der Waals surface area contributed by atoms with Gasteiger partial charge in [-0.05, 0) is 38.2 Å². The molecular formula is C18H25N5O2. The molecular weight excluding hydrogens is 318 g/mol. The number of carboxylic acids is 1. The lowest BCUT2D eigenvalue weighted by Crippen LogP contribution is -2.32. The molecule has 0 saturated heterocycles. The molecule has 3 rings (SSSR count). The third kappa shape index (κ3) is 3.99. The summed E-state index contributed by atoms with van der Waals surface area (Å²) in [6, 6.07) is 4.50. The smallest absolute Gasteiger partial charge is 0.317 e. The van der Waals surface area contributed by atoms with Crippen LogP contribution in [-0.4, -0.2) is 44.3 Å². The van der Waals surface area contributed by atoms with Gasteiger partial charge in [-0.15, -0.1) is 0 Å². The van der Waals surface area contributed by atoms with Crippen molar-refractivity contribution in [3.63, 3.8) is 0 Å². The lowest BCUT2D eigenvalue weighted by Gasteiger charge is -2.17. The van der Waals surface area contributed by atoms with Crippen molar-refractivity contribution in [1.29, 1.82) is 0 Å². The molecule has 0 radical (unpaired) electrons. The number of hydrogen-bond acceptors (Lipinski definition) is 5. The predicted octanol–water partition coefficient (Wildman–Crippen LogP) is 2.55. The minimum atomic E-state index is -0.813. The highest BCUT2D eigenvalue weighted by molar-refractivity contribution is 5.69. The number of anilines is 1. The fourth-order valence-corrected chi connectivity index (χ4v) is 3.45. The molecule has 3 N–H and O–H groups in total. The molecule has 0 spiro atoms. The predicted molar refractivity (Wildman–Crippen MR) is 97.6 cm³/mol. The highest BCUT2D eigenvalue weighted by atomic mass is 16.4. The summed E-state index contributed by atoms with van der Waals surface area (Å²) in [6.45, 7) is 4.17. The van der Waals surface area contributed by atoms with E-state index in [1.165, 1.54) is 5.57 Å². The van der Waals surface area contributed by atoms with Crippen molar-refractivity contribution in [1.82, 2.24) is 19.9 Å². The van der Waals surface area contributed by atoms with E-state index >= 15 is 0 Å². The first-order valence-electron chi connectivity index (χ1n) is 8.82. The highest BCUT2D eigenvalue weighted by Gasteiger charge is 2.25. The van der Waals surface area contributed by atoms with Crippen LogP contribution in [0.1, 0.15) is 45.2 Å². The molecule has 2 heterocycles. The third-order valence-electron chi connectivity index (χ3n) is 4.74. The van der Waals surface area contributed by atoms with Gasteiger partial charge in [0.25, 0.3) is 0 Å². The molecule has 0 unspecified atom stereocenters. The van der Waals surface area contributed by atoms with E-state index in [4.69, 9.17) is 10.1 Å². The molecule has 2 aromatic rings. The summed E-state index contributed by atoms with van der Waals surface area (Å²) in [7, 11) is 0. The van der Waals surface area contributed by atoms with Crippen molar-refractivity contribution in [2.45, 2.75) is 51.6 Å². The number of hydrogen-bond donors (Lipinski definition) is 3. The third-order valence-corrected chi connectivity index (χ3v) is 4.74. The van der Waals surface area contributed by atoms with Crippen molar-refractivity contribution in [2.75, 3.05) is 11.9 Å². The van der Waals surface area contributed by atoms with Gasteiger partial charge in [-0.25, -0.2) is 4.98 Å². The standard InChI is InChI=1S/C18H25N5O2/c1-3-12(4-2)15-10-17(23-16(22-15)7-8-20-23)21-14-6-5-13(9-14)19-11-18(24)25/h3,7-8,10,13-14,19,21H,4-6,9,11H2,1-2H3,(H,24,25)/b12-3+/t13-,14-/m0/s1. The molecule has 2 atom stereocenters. The van der Waals surface area contributed by atoms with Crippen molar-refractivity contribution in [2.24, 2.45) is 0 Å². The van der Waals surface area contributed by atoms with E-state index < -0.39 is 5.97 Å². The largest absolute Gasteiger partial charge is 0.480 e. The van der Waals surface area contributed by atoms with E-state index in [0.717, 1.165) is 42.8 Å². The van der Waals surface area contributed by atoms with Crippen molar-refractivity contribution < 1.29 is 9.90 Å². The molecule has 1 saturated carbocycles. The average molecular weight is 343 g/mol. The van der Waals surface area contributed by atoms with Gasteiger partial charge in [-0.1, -0.05) is 13.0 Å². The Labute approximate surface area is 147 Å². The number of nitrogens with one attached hydrogen (secondary N) is 2. The van der Waals surface area contributed by atoms with Crippen LogP contribution >= 0.6 is 0 Å². The van der Waals surface area contributed by atoms with Gasteiger partial charge >= 0.3 is 5.97 Å². The Hall–Kier alpha value is -2.41. The summed E-state index contributed by atoms with van der Waals surface area (Å²) in [5.41, 5.74) is 3.00. The van der Waals surface area contributed by atoms with Crippen LogP contribution in [0.15, 0.2) is 24.4 Å². The minimum Gasteiger partial charge on any atom is -0.480 e. The maximum absolute atomic E-state index is 10.7. The van der Waals surface area contributed by atoms with Gasteiger partial charge in [0.15, 0.2) is 5.65 Å². The number of fused-ring (bicyclic) bond motifs is 1. The first-order chi connectivity index (χ1) is 12.1. The van der Waals surface area contributed by atoms with Gasteiger partial charge < -0.3 is 15.7 Å². The highest BCUT2D eigenvalue weighted by Crippen LogP contribution is 2.26. The average Bonchev–Trinajstić information content (AvgIpc) is 3.23. The molecule has 7 heteroatoms. The summed E-state index contributed by atoms with van der Waals surface area (Å²) >= 11 is 0. The van der Waals surface area contributed by atoms with Crippen LogP contribution in [0.2, 0.25) is 0 Å². The van der Waals surface area contributed by atoms with E-state index in [1.54, 1.807) is 6.20 Å². The van der Waals surface area contributed by atoms with Gasteiger partial charge in [0, 0.05) is 24.2 Å². The molecule has 134 valence electrons. The van der Waals surface area contributed by atoms with Gasteiger partial charge in [0.05, 0.1) is 18.4 Å². The first-order valence-corrected chi connectivity index (χ1v) is 8.82. The molecule has 0 amide bonds. The second kappa shape index (κ2) is 7.65. The summed E-state index contributed by atoms with van der Waals surface area (Å²) in [4.78, 5) is 15.4. The maximum atomic E-state index is 10.7. The molecule has 0 aromatic carbocycles. The zero-order valence-corrected chi connectivity index (χ0v) is 14.7. The van der Waals surface area contributed by atoms with Crippen LogP contribution in [0, 0.1) is 0 Å². The zero-order chi connectivity index (χ0) is 17.8. The van der Waals surface area contributed by atoms with E-state index in [9.17, 15) is 4.79 Å². The number of carbonyl (C=O) groups is 1. The van der Waals surface area contributed by atoms with Crippen molar-refractivity contribution in [3.05, 3.63) is 30.1 Å². The Bertz CT molecular complexity index is 783. The van der Waals surface area contributed by atoms with E-state index in [-0.39, 0.29) is 12.6 Å². The number of aliphatic carboxylic acids is 1. The molecule has 7 nitrogen and oxygen atoms in total. The Kier molecular flexibility index (Phi) is 5.33. The lowest BCUT2D eigenvalue weighted by atomic mass is 10.1. The fraction of sp³-hybridized carbons (Fsp3) is 0.500. The van der Waals surface area contributed by atoms with E-state index in [2.05, 4.69) is 34.8 Å². The number of carboxylic acid groups (broad SMARTS) is 1. The van der Waals surface area contributed by atoms with E-state index in [0.29, 0.717) is 6.04 Å². The quantitative estimate of drug-likeness (QED) is 0.716. The lowest BCUT2D eigenvalue weighted by molar-refractivity contribution is -0.136. The second-order valence-corrected chi connectivity index (χ2v) is 6.42. The Morgan fingerprint density at radius 2 is 2.24 bits per heavy atom. The number of rotatable bonds is 7. The van der Waals surface area contributed by atoms with Gasteiger partial charge in [0.2, 0.25) is 0 Å². The van der Waals surface area contributed by atoms with Gasteiger partial charge in [-0.2, -0.15) is 9.61 Å². The minimum absolute atomic E-state index is 0.0152. The van der Waals surface area contributed by atoms with Crippen LogP contribution in [0.4, 0.5) is 5.82 Å². The second-order valence-electron chi connectivity index (χ2n) is 6.42. The SMILES string of the molecule is C/C=C(\CC)c1cc(N[C@H]2CC[C@H](NCC(=O)O)C2)n2nccc2n1. The summed E-state index contributed by atoms with van der Waals surface area (Å²) in [5, 5.41) is 19.8. The molecule has 1 fully saturated rings. The molecule has 0 aliphatic heterocycles. The molecule has 0 bridgehead atoms. The summed E-state index contributed by atoms with van der Waals surface area (Å²) in [5.74, 6) is 0.119. The van der Waals surface area contributed by atoms with Crippen molar-refractivity contribution >= 4 is 23.0 Å². The van der Waals surface area contributed by atoms with Gasteiger partial charge in [0.1, 0.15) is 5.82 Å². The summed E-state index contributed by atoms with van der Waals surface area (Å²) < 4.78 is 1.82. The Balaban J connectivity index is 1.77. The van der Waals surface area contributed by atoms with Crippen LogP contribution < -0.4 is 10.6 Å². The molecule has 25 heavy (non-hydrogen) atoms.